The van der Waals surface area contributed by atoms with Crippen LogP contribution in [0.4, 0.5) is 14.5 Å². The average molecular weight is 404 g/mol. The molecule has 0 aromatic heterocycles. The topological polar surface area (TPSA) is 84.5 Å². The van der Waals surface area contributed by atoms with Crippen molar-refractivity contribution >= 4 is 23.5 Å². The fraction of sp³-hybridized carbons (Fsp3) is 0.286. The highest BCUT2D eigenvalue weighted by atomic mass is 19.1. The van der Waals surface area contributed by atoms with Gasteiger partial charge in [0.25, 0.3) is 11.8 Å². The molecule has 154 valence electrons. The number of carbonyl (C=O) groups is 3. The summed E-state index contributed by atoms with van der Waals surface area (Å²) in [5, 5.41) is 4.62. The van der Waals surface area contributed by atoms with Crippen molar-refractivity contribution in [2.24, 2.45) is 5.92 Å². The van der Waals surface area contributed by atoms with Gasteiger partial charge < -0.3 is 15.4 Å². The highest BCUT2D eigenvalue weighted by Crippen LogP contribution is 2.18. The first-order valence-corrected chi connectivity index (χ1v) is 8.97. The number of halogens is 2. The fourth-order valence-electron chi connectivity index (χ4n) is 2.56. The molecule has 0 radical (unpaired) electrons. The average Bonchev–Trinajstić information content (AvgIpc) is 2.67. The zero-order chi connectivity index (χ0) is 21.6. The molecule has 2 rings (SSSR count). The van der Waals surface area contributed by atoms with E-state index in [1.807, 2.05) is 5.32 Å². The van der Waals surface area contributed by atoms with Gasteiger partial charge in [-0.2, -0.15) is 0 Å². The molecule has 1 atom stereocenters. The first kappa shape index (κ1) is 22.0. The van der Waals surface area contributed by atoms with Crippen molar-refractivity contribution in [2.75, 3.05) is 11.9 Å². The van der Waals surface area contributed by atoms with E-state index in [2.05, 4.69) is 5.32 Å². The number of aryl methyl sites for hydroxylation is 1. The SMILES string of the molecule is Cc1ccccc1C(=O)NC(C(=O)OCC(=O)Nc1c(F)cccc1F)C(C)C. The maximum Gasteiger partial charge on any atom is 0.329 e. The van der Waals surface area contributed by atoms with Gasteiger partial charge in [-0.1, -0.05) is 38.1 Å². The van der Waals surface area contributed by atoms with E-state index < -0.39 is 47.8 Å². The van der Waals surface area contributed by atoms with Gasteiger partial charge in [0.05, 0.1) is 0 Å². The van der Waals surface area contributed by atoms with Crippen LogP contribution in [0, 0.1) is 24.5 Å². The van der Waals surface area contributed by atoms with E-state index in [9.17, 15) is 23.2 Å². The molecule has 0 fully saturated rings. The largest absolute Gasteiger partial charge is 0.454 e. The summed E-state index contributed by atoms with van der Waals surface area (Å²) in [6, 6.07) is 9.02. The molecule has 0 saturated carbocycles. The second kappa shape index (κ2) is 9.77. The van der Waals surface area contributed by atoms with E-state index >= 15 is 0 Å². The third kappa shape index (κ3) is 5.84. The Labute approximate surface area is 167 Å². The van der Waals surface area contributed by atoms with E-state index in [0.717, 1.165) is 23.8 Å². The second-order valence-electron chi connectivity index (χ2n) is 6.76. The standard InChI is InChI=1S/C21H22F2N2O4/c1-12(2)18(25-20(27)14-8-5-4-7-13(14)3)21(28)29-11-17(26)24-19-15(22)9-6-10-16(19)23/h4-10,12,18H,11H2,1-3H3,(H,24,26)(H,25,27). The Morgan fingerprint density at radius 3 is 2.21 bits per heavy atom. The molecule has 1 unspecified atom stereocenters. The first-order valence-electron chi connectivity index (χ1n) is 8.97. The molecule has 0 aliphatic rings. The Balaban J connectivity index is 1.98. The number of para-hydroxylation sites is 1. The summed E-state index contributed by atoms with van der Waals surface area (Å²) in [5.74, 6) is -4.40. The lowest BCUT2D eigenvalue weighted by molar-refractivity contribution is -0.150. The minimum Gasteiger partial charge on any atom is -0.454 e. The van der Waals surface area contributed by atoms with Gasteiger partial charge >= 0.3 is 5.97 Å². The maximum atomic E-state index is 13.6. The maximum absolute atomic E-state index is 13.6. The molecule has 2 amide bonds. The van der Waals surface area contributed by atoms with E-state index in [0.29, 0.717) is 5.56 Å². The van der Waals surface area contributed by atoms with Crippen molar-refractivity contribution < 1.29 is 27.9 Å². The predicted octanol–water partition coefficient (Wildman–Crippen LogP) is 3.21. The fourth-order valence-corrected chi connectivity index (χ4v) is 2.56. The number of hydrogen-bond acceptors (Lipinski definition) is 4. The number of esters is 1. The van der Waals surface area contributed by atoms with Crippen LogP contribution in [-0.2, 0) is 14.3 Å². The van der Waals surface area contributed by atoms with Gasteiger partial charge in [-0.25, -0.2) is 13.6 Å². The van der Waals surface area contributed by atoms with Crippen LogP contribution < -0.4 is 10.6 Å². The second-order valence-corrected chi connectivity index (χ2v) is 6.76. The van der Waals surface area contributed by atoms with Crippen molar-refractivity contribution in [3.63, 3.8) is 0 Å². The molecule has 0 spiro atoms. The van der Waals surface area contributed by atoms with Crippen molar-refractivity contribution in [2.45, 2.75) is 26.8 Å². The summed E-state index contributed by atoms with van der Waals surface area (Å²) in [6.07, 6.45) is 0. The summed E-state index contributed by atoms with van der Waals surface area (Å²) in [7, 11) is 0. The summed E-state index contributed by atoms with van der Waals surface area (Å²) in [5.41, 5.74) is 0.535. The molecule has 0 saturated heterocycles. The minimum atomic E-state index is -1.000. The third-order valence-electron chi connectivity index (χ3n) is 4.17. The number of carbonyl (C=O) groups excluding carboxylic acids is 3. The van der Waals surface area contributed by atoms with Gasteiger partial charge in [-0.05, 0) is 36.6 Å². The minimum absolute atomic E-state index is 0.317. The molecule has 0 aliphatic carbocycles. The number of benzene rings is 2. The summed E-state index contributed by atoms with van der Waals surface area (Å²) < 4.78 is 32.1. The monoisotopic (exact) mass is 404 g/mol. The predicted molar refractivity (Wildman–Crippen MR) is 103 cm³/mol. The molecular formula is C21H22F2N2O4. The van der Waals surface area contributed by atoms with Crippen LogP contribution >= 0.6 is 0 Å². The summed E-state index contributed by atoms with van der Waals surface area (Å²) >= 11 is 0. The van der Waals surface area contributed by atoms with Crippen LogP contribution in [0.25, 0.3) is 0 Å². The van der Waals surface area contributed by atoms with Gasteiger partial charge in [0.2, 0.25) is 0 Å². The van der Waals surface area contributed by atoms with Gasteiger partial charge in [-0.15, -0.1) is 0 Å². The lowest BCUT2D eigenvalue weighted by Crippen LogP contribution is -2.46. The van der Waals surface area contributed by atoms with E-state index in [-0.39, 0.29) is 5.92 Å². The normalized spacial score (nSPS) is 11.7. The van der Waals surface area contributed by atoms with Crippen molar-refractivity contribution in [3.8, 4) is 0 Å². The molecule has 2 aromatic carbocycles. The number of amides is 2. The zero-order valence-electron chi connectivity index (χ0n) is 16.3. The smallest absolute Gasteiger partial charge is 0.329 e. The number of rotatable bonds is 7. The quantitative estimate of drug-likeness (QED) is 0.694. The Hall–Kier alpha value is -3.29. The molecule has 29 heavy (non-hydrogen) atoms. The van der Waals surface area contributed by atoms with Gasteiger partial charge in [-0.3, -0.25) is 9.59 Å². The van der Waals surface area contributed by atoms with E-state index in [4.69, 9.17) is 4.74 Å². The Morgan fingerprint density at radius 2 is 1.62 bits per heavy atom. The van der Waals surface area contributed by atoms with Crippen LogP contribution in [0.1, 0.15) is 29.8 Å². The van der Waals surface area contributed by atoms with Gasteiger partial charge in [0, 0.05) is 5.56 Å². The highest BCUT2D eigenvalue weighted by Gasteiger charge is 2.27. The van der Waals surface area contributed by atoms with Crippen LogP contribution in [0.5, 0.6) is 0 Å². The number of hydrogen-bond donors (Lipinski definition) is 2. The molecule has 0 heterocycles. The van der Waals surface area contributed by atoms with Crippen molar-refractivity contribution in [3.05, 3.63) is 65.2 Å². The number of nitrogens with one attached hydrogen (secondary N) is 2. The number of ether oxygens (including phenoxy) is 1. The molecule has 6 nitrogen and oxygen atoms in total. The van der Waals surface area contributed by atoms with Crippen LogP contribution in [0.2, 0.25) is 0 Å². The zero-order valence-corrected chi connectivity index (χ0v) is 16.3. The Morgan fingerprint density at radius 1 is 1.00 bits per heavy atom. The molecule has 0 bridgehead atoms. The highest BCUT2D eigenvalue weighted by molar-refractivity contribution is 5.98. The van der Waals surface area contributed by atoms with E-state index in [1.54, 1.807) is 45.0 Å². The van der Waals surface area contributed by atoms with Gasteiger partial charge in [0.15, 0.2) is 6.61 Å². The first-order chi connectivity index (χ1) is 13.7. The van der Waals surface area contributed by atoms with Crippen LogP contribution in [0.15, 0.2) is 42.5 Å². The lowest BCUT2D eigenvalue weighted by Gasteiger charge is -2.21. The van der Waals surface area contributed by atoms with Crippen molar-refractivity contribution in [1.82, 2.24) is 5.32 Å². The molecule has 8 heteroatoms. The van der Waals surface area contributed by atoms with Crippen molar-refractivity contribution in [1.29, 1.82) is 0 Å². The Bertz CT molecular complexity index is 895. The molecule has 2 N–H and O–H groups in total. The number of anilines is 1. The van der Waals surface area contributed by atoms with Crippen LogP contribution in [0.3, 0.4) is 0 Å². The molecule has 2 aromatic rings. The van der Waals surface area contributed by atoms with E-state index in [1.165, 1.54) is 0 Å². The Kier molecular flexibility index (Phi) is 7.41. The third-order valence-corrected chi connectivity index (χ3v) is 4.17. The molecular weight excluding hydrogens is 382 g/mol. The summed E-state index contributed by atoms with van der Waals surface area (Å²) in [4.78, 5) is 36.7. The summed E-state index contributed by atoms with van der Waals surface area (Å²) in [6.45, 7) is 4.43. The lowest BCUT2D eigenvalue weighted by atomic mass is 10.0. The van der Waals surface area contributed by atoms with Gasteiger partial charge in [0.1, 0.15) is 23.4 Å². The molecule has 0 aliphatic heterocycles. The van der Waals surface area contributed by atoms with Crippen LogP contribution in [-0.4, -0.2) is 30.4 Å².